The van der Waals surface area contributed by atoms with Crippen molar-refractivity contribution in [2.24, 2.45) is 0 Å². The number of H-pyrrole nitrogens is 1. The number of nitrogens with one attached hydrogen (secondary N) is 1. The van der Waals surface area contributed by atoms with E-state index in [2.05, 4.69) is 4.98 Å². The molecule has 164 valence electrons. The zero-order chi connectivity index (χ0) is 22.9. The van der Waals surface area contributed by atoms with Crippen LogP contribution in [0.3, 0.4) is 0 Å². The average molecular weight is 457 g/mol. The number of carbonyl (C=O) groups is 2. The van der Waals surface area contributed by atoms with Crippen LogP contribution in [0.25, 0.3) is 16.7 Å². The number of aliphatic hydroxyl groups excluding tert-OH is 1. The third-order valence-corrected chi connectivity index (χ3v) is 6.43. The first-order valence-electron chi connectivity index (χ1n) is 10.7. The van der Waals surface area contributed by atoms with E-state index in [0.717, 1.165) is 16.5 Å². The van der Waals surface area contributed by atoms with Gasteiger partial charge < -0.3 is 15.0 Å². The van der Waals surface area contributed by atoms with E-state index in [1.807, 2.05) is 42.6 Å². The smallest absolute Gasteiger partial charge is 0.295 e. The summed E-state index contributed by atoms with van der Waals surface area (Å²) in [7, 11) is 0. The van der Waals surface area contributed by atoms with Gasteiger partial charge in [-0.3, -0.25) is 9.59 Å². The topological polar surface area (TPSA) is 73.4 Å². The van der Waals surface area contributed by atoms with Gasteiger partial charge in [-0.05, 0) is 29.7 Å². The maximum absolute atomic E-state index is 13.1. The average Bonchev–Trinajstić information content (AvgIpc) is 3.37. The first-order chi connectivity index (χ1) is 16.1. The molecule has 6 heteroatoms. The maximum atomic E-state index is 13.1. The molecular formula is C27H21ClN2O3. The molecule has 0 saturated carbocycles. The number of carbonyl (C=O) groups excluding carboxylic acids is 2. The van der Waals surface area contributed by atoms with Gasteiger partial charge in [0.2, 0.25) is 0 Å². The Hall–Kier alpha value is -3.83. The number of aromatic amines is 1. The first-order valence-corrected chi connectivity index (χ1v) is 11.1. The van der Waals surface area contributed by atoms with Crippen LogP contribution in [0.5, 0.6) is 0 Å². The number of aromatic nitrogens is 1. The summed E-state index contributed by atoms with van der Waals surface area (Å²) in [5.41, 5.74) is 3.20. The zero-order valence-corrected chi connectivity index (χ0v) is 18.4. The number of nitrogens with zero attached hydrogens (tertiary/aromatic N) is 1. The van der Waals surface area contributed by atoms with Crippen LogP contribution in [-0.4, -0.2) is 33.2 Å². The number of hydrogen-bond donors (Lipinski definition) is 2. The van der Waals surface area contributed by atoms with Crippen molar-refractivity contribution in [2.45, 2.75) is 12.5 Å². The molecule has 0 radical (unpaired) electrons. The van der Waals surface area contributed by atoms with Gasteiger partial charge in [0, 0.05) is 34.2 Å². The Labute approximate surface area is 195 Å². The minimum atomic E-state index is -0.774. The minimum absolute atomic E-state index is 0.0539. The Morgan fingerprint density at radius 1 is 0.939 bits per heavy atom. The Kier molecular flexibility index (Phi) is 5.48. The van der Waals surface area contributed by atoms with Gasteiger partial charge in [0.25, 0.3) is 11.7 Å². The molecule has 5 nitrogen and oxygen atoms in total. The summed E-state index contributed by atoms with van der Waals surface area (Å²) in [5, 5.41) is 12.6. The summed E-state index contributed by atoms with van der Waals surface area (Å²) < 4.78 is 0. The molecule has 1 fully saturated rings. The molecule has 5 rings (SSSR count). The molecule has 1 atom stereocenters. The summed E-state index contributed by atoms with van der Waals surface area (Å²) in [6.45, 7) is 0.299. The predicted molar refractivity (Wildman–Crippen MR) is 129 cm³/mol. The van der Waals surface area contributed by atoms with E-state index in [9.17, 15) is 14.7 Å². The quantitative estimate of drug-likeness (QED) is 0.237. The van der Waals surface area contributed by atoms with Gasteiger partial charge in [0.05, 0.1) is 11.6 Å². The van der Waals surface area contributed by atoms with Crippen LogP contribution in [0.4, 0.5) is 0 Å². The molecule has 1 aliphatic heterocycles. The van der Waals surface area contributed by atoms with Crippen molar-refractivity contribution in [2.75, 3.05) is 6.54 Å². The third-order valence-electron chi connectivity index (χ3n) is 6.08. The lowest BCUT2D eigenvalue weighted by Crippen LogP contribution is -2.31. The molecule has 33 heavy (non-hydrogen) atoms. The molecule has 4 aromatic rings. The maximum Gasteiger partial charge on any atom is 0.295 e. The van der Waals surface area contributed by atoms with Crippen LogP contribution in [0, 0.1) is 0 Å². The van der Waals surface area contributed by atoms with Crippen LogP contribution in [-0.2, 0) is 16.0 Å². The second kappa shape index (κ2) is 8.60. The monoisotopic (exact) mass is 456 g/mol. The van der Waals surface area contributed by atoms with E-state index < -0.39 is 17.7 Å². The number of aliphatic hydroxyl groups is 1. The highest BCUT2D eigenvalue weighted by Crippen LogP contribution is 2.41. The highest BCUT2D eigenvalue weighted by Gasteiger charge is 2.46. The number of ketones is 1. The number of benzene rings is 3. The number of fused-ring (bicyclic) bond motifs is 1. The van der Waals surface area contributed by atoms with Crippen LogP contribution in [0.2, 0.25) is 5.02 Å². The lowest BCUT2D eigenvalue weighted by atomic mass is 9.95. The van der Waals surface area contributed by atoms with Gasteiger partial charge in [-0.25, -0.2) is 0 Å². The van der Waals surface area contributed by atoms with Gasteiger partial charge in [0.15, 0.2) is 0 Å². The molecule has 0 bridgehead atoms. The molecule has 0 aliphatic carbocycles. The second-order valence-electron chi connectivity index (χ2n) is 7.99. The fraction of sp³-hybridized carbons (Fsp3) is 0.111. The van der Waals surface area contributed by atoms with Crippen molar-refractivity contribution < 1.29 is 14.7 Å². The van der Waals surface area contributed by atoms with Gasteiger partial charge in [0.1, 0.15) is 5.76 Å². The molecule has 2 N–H and O–H groups in total. The lowest BCUT2D eigenvalue weighted by Gasteiger charge is -2.26. The van der Waals surface area contributed by atoms with E-state index in [1.165, 1.54) is 4.90 Å². The first kappa shape index (κ1) is 21.0. The van der Waals surface area contributed by atoms with E-state index in [-0.39, 0.29) is 11.3 Å². The number of halogens is 1. The summed E-state index contributed by atoms with van der Waals surface area (Å²) >= 11 is 6.50. The Morgan fingerprint density at radius 3 is 2.42 bits per heavy atom. The molecule has 1 aliphatic rings. The number of amides is 1. The zero-order valence-electron chi connectivity index (χ0n) is 17.7. The predicted octanol–water partition coefficient (Wildman–Crippen LogP) is 5.49. The summed E-state index contributed by atoms with van der Waals surface area (Å²) in [5.74, 6) is -1.55. The molecule has 1 amide bonds. The van der Waals surface area contributed by atoms with Gasteiger partial charge in [-0.15, -0.1) is 0 Å². The molecule has 2 heterocycles. The summed E-state index contributed by atoms with van der Waals surface area (Å²) in [6.07, 6.45) is 2.47. The number of likely N-dealkylation sites (tertiary alicyclic amines) is 1. The summed E-state index contributed by atoms with van der Waals surface area (Å²) in [4.78, 5) is 31.0. The number of rotatable bonds is 5. The normalized spacial score (nSPS) is 17.7. The van der Waals surface area contributed by atoms with Gasteiger partial charge >= 0.3 is 0 Å². The molecule has 1 aromatic heterocycles. The fourth-order valence-corrected chi connectivity index (χ4v) is 4.70. The second-order valence-corrected chi connectivity index (χ2v) is 8.40. The van der Waals surface area contributed by atoms with Crippen molar-refractivity contribution in [1.82, 2.24) is 9.88 Å². The summed E-state index contributed by atoms with van der Waals surface area (Å²) in [6, 6.07) is 23.1. The fourth-order valence-electron chi connectivity index (χ4n) is 4.46. The number of Topliss-reactive ketones (excluding diaryl/α,β-unsaturated/α-hetero) is 1. The molecule has 3 aromatic carbocycles. The Balaban J connectivity index is 1.58. The van der Waals surface area contributed by atoms with Crippen LogP contribution in [0.15, 0.2) is 90.6 Å². The number of para-hydroxylation sites is 1. The van der Waals surface area contributed by atoms with Crippen molar-refractivity contribution >= 4 is 40.0 Å². The molecule has 1 saturated heterocycles. The van der Waals surface area contributed by atoms with Crippen molar-refractivity contribution in [3.63, 3.8) is 0 Å². The number of hydrogen-bond acceptors (Lipinski definition) is 3. The third kappa shape index (κ3) is 3.70. The van der Waals surface area contributed by atoms with E-state index in [1.54, 1.807) is 42.5 Å². The van der Waals surface area contributed by atoms with Crippen LogP contribution < -0.4 is 0 Å². The van der Waals surface area contributed by atoms with Gasteiger partial charge in [-0.2, -0.15) is 0 Å². The standard InChI is InChI=1S/C27H21ClN2O3/c28-21-12-6-4-11-20(21)24-23(25(31)17-8-2-1-3-9-17)26(32)27(33)30(24)15-14-18-16-29-22-13-7-5-10-19(18)22/h1-13,16,24,29,31H,14-15H2/t24-/m1/s1. The van der Waals surface area contributed by atoms with E-state index in [0.29, 0.717) is 29.1 Å². The van der Waals surface area contributed by atoms with Crippen LogP contribution in [0.1, 0.15) is 22.7 Å². The van der Waals surface area contributed by atoms with E-state index in [4.69, 9.17) is 11.6 Å². The van der Waals surface area contributed by atoms with Gasteiger partial charge in [-0.1, -0.05) is 78.3 Å². The SMILES string of the molecule is O=C1C(=O)N(CCc2c[nH]c3ccccc23)[C@H](c2ccccc2Cl)C1=C(O)c1ccccc1. The Bertz CT molecular complexity index is 1390. The highest BCUT2D eigenvalue weighted by atomic mass is 35.5. The highest BCUT2D eigenvalue weighted by molar-refractivity contribution is 6.47. The largest absolute Gasteiger partial charge is 0.507 e. The Morgan fingerprint density at radius 2 is 1.64 bits per heavy atom. The molecule has 0 spiro atoms. The van der Waals surface area contributed by atoms with Crippen molar-refractivity contribution in [1.29, 1.82) is 0 Å². The van der Waals surface area contributed by atoms with Crippen molar-refractivity contribution in [3.8, 4) is 0 Å². The lowest BCUT2D eigenvalue weighted by molar-refractivity contribution is -0.139. The minimum Gasteiger partial charge on any atom is -0.507 e. The van der Waals surface area contributed by atoms with Crippen molar-refractivity contribution in [3.05, 3.63) is 112 Å². The molecular weight excluding hydrogens is 436 g/mol. The van der Waals surface area contributed by atoms with E-state index >= 15 is 0 Å². The van der Waals surface area contributed by atoms with Crippen LogP contribution >= 0.6 is 11.6 Å². The molecule has 0 unspecified atom stereocenters.